The number of hydrogen-bond acceptors (Lipinski definition) is 6. The lowest BCUT2D eigenvalue weighted by molar-refractivity contribution is 0.00318. The van der Waals surface area contributed by atoms with E-state index in [0.29, 0.717) is 44.0 Å². The summed E-state index contributed by atoms with van der Waals surface area (Å²) in [7, 11) is -3.55. The highest BCUT2D eigenvalue weighted by atomic mass is 32.2. The van der Waals surface area contributed by atoms with E-state index in [4.69, 9.17) is 14.4 Å². The first kappa shape index (κ1) is 15.4. The van der Waals surface area contributed by atoms with E-state index >= 15 is 0 Å². The number of rotatable bonds is 5. The zero-order valence-electron chi connectivity index (χ0n) is 11.7. The Morgan fingerprint density at radius 1 is 1.40 bits per heavy atom. The summed E-state index contributed by atoms with van der Waals surface area (Å²) in [4.78, 5) is 0.173. The molecule has 1 aromatic heterocycles. The molecule has 0 atom stereocenters. The SMILES string of the molecule is Cc1noc(C)c1S(=O)(=O)N1CCC(OCCO)CC1. The number of sulfonamides is 1. The van der Waals surface area contributed by atoms with Crippen molar-refractivity contribution < 1.29 is 22.8 Å². The van der Waals surface area contributed by atoms with Crippen LogP contribution < -0.4 is 0 Å². The topological polar surface area (TPSA) is 92.9 Å². The molecule has 1 fully saturated rings. The molecular weight excluding hydrogens is 284 g/mol. The van der Waals surface area contributed by atoms with E-state index in [0.717, 1.165) is 0 Å². The predicted molar refractivity (Wildman–Crippen MR) is 70.8 cm³/mol. The third kappa shape index (κ3) is 3.03. The first-order valence-corrected chi connectivity index (χ1v) is 8.06. The third-order valence-corrected chi connectivity index (χ3v) is 5.56. The molecule has 1 aliphatic heterocycles. The van der Waals surface area contributed by atoms with Gasteiger partial charge >= 0.3 is 0 Å². The second kappa shape index (κ2) is 6.21. The minimum Gasteiger partial charge on any atom is -0.394 e. The molecule has 0 radical (unpaired) electrons. The molecule has 1 aliphatic rings. The van der Waals surface area contributed by atoms with Crippen LogP contribution in [-0.2, 0) is 14.8 Å². The summed E-state index contributed by atoms with van der Waals surface area (Å²) >= 11 is 0. The van der Waals surface area contributed by atoms with Crippen LogP contribution in [0.3, 0.4) is 0 Å². The van der Waals surface area contributed by atoms with Crippen molar-refractivity contribution >= 4 is 10.0 Å². The van der Waals surface area contributed by atoms with Gasteiger partial charge in [0.1, 0.15) is 10.6 Å². The lowest BCUT2D eigenvalue weighted by Gasteiger charge is -2.30. The van der Waals surface area contributed by atoms with Gasteiger partial charge in [0.2, 0.25) is 10.0 Å². The highest BCUT2D eigenvalue weighted by Crippen LogP contribution is 2.26. The molecule has 0 aromatic carbocycles. The number of aliphatic hydroxyl groups is 1. The molecule has 0 amide bonds. The van der Waals surface area contributed by atoms with E-state index in [1.165, 1.54) is 4.31 Å². The average Bonchev–Trinajstić information content (AvgIpc) is 2.77. The van der Waals surface area contributed by atoms with Crippen molar-refractivity contribution in [1.29, 1.82) is 0 Å². The molecule has 2 heterocycles. The molecule has 7 nitrogen and oxygen atoms in total. The third-order valence-electron chi connectivity index (χ3n) is 3.41. The lowest BCUT2D eigenvalue weighted by Crippen LogP contribution is -2.41. The Morgan fingerprint density at radius 3 is 2.55 bits per heavy atom. The van der Waals surface area contributed by atoms with Gasteiger partial charge in [-0.2, -0.15) is 4.31 Å². The van der Waals surface area contributed by atoms with Gasteiger partial charge in [0.15, 0.2) is 5.76 Å². The molecule has 1 aromatic rings. The summed E-state index contributed by atoms with van der Waals surface area (Å²) in [5.74, 6) is 0.321. The molecule has 1 N–H and O–H groups in total. The number of hydrogen-bond donors (Lipinski definition) is 1. The van der Waals surface area contributed by atoms with Crippen molar-refractivity contribution in [2.24, 2.45) is 0 Å². The summed E-state index contributed by atoms with van der Waals surface area (Å²) in [6, 6.07) is 0. The average molecular weight is 304 g/mol. The molecule has 114 valence electrons. The van der Waals surface area contributed by atoms with Crippen LogP contribution >= 0.6 is 0 Å². The number of ether oxygens (including phenoxy) is 1. The van der Waals surface area contributed by atoms with Crippen LogP contribution in [0.15, 0.2) is 9.42 Å². The van der Waals surface area contributed by atoms with Gasteiger partial charge in [-0.3, -0.25) is 0 Å². The maximum Gasteiger partial charge on any atom is 0.248 e. The van der Waals surface area contributed by atoms with Crippen LogP contribution in [0.1, 0.15) is 24.3 Å². The normalized spacial score (nSPS) is 18.6. The second-order valence-electron chi connectivity index (χ2n) is 4.85. The van der Waals surface area contributed by atoms with E-state index in [-0.39, 0.29) is 17.6 Å². The van der Waals surface area contributed by atoms with Crippen molar-refractivity contribution in [3.05, 3.63) is 11.5 Å². The summed E-state index contributed by atoms with van der Waals surface area (Å²) < 4.78 is 36.9. The van der Waals surface area contributed by atoms with Crippen LogP contribution in [0, 0.1) is 13.8 Å². The van der Waals surface area contributed by atoms with Crippen LogP contribution in [0.2, 0.25) is 0 Å². The zero-order valence-corrected chi connectivity index (χ0v) is 12.5. The summed E-state index contributed by atoms with van der Waals surface area (Å²) in [6.07, 6.45) is 1.27. The fourth-order valence-corrected chi connectivity index (χ4v) is 4.19. The largest absolute Gasteiger partial charge is 0.394 e. The van der Waals surface area contributed by atoms with Crippen molar-refractivity contribution in [2.45, 2.75) is 37.7 Å². The number of piperidine rings is 1. The van der Waals surface area contributed by atoms with Crippen molar-refractivity contribution in [1.82, 2.24) is 9.46 Å². The zero-order chi connectivity index (χ0) is 14.8. The lowest BCUT2D eigenvalue weighted by atomic mass is 10.1. The quantitative estimate of drug-likeness (QED) is 0.849. The predicted octanol–water partition coefficient (Wildman–Crippen LogP) is 0.453. The van der Waals surface area contributed by atoms with Gasteiger partial charge in [0.25, 0.3) is 0 Å². The highest BCUT2D eigenvalue weighted by Gasteiger charge is 2.33. The fraction of sp³-hybridized carbons (Fsp3) is 0.750. The van der Waals surface area contributed by atoms with E-state index in [1.54, 1.807) is 13.8 Å². The summed E-state index contributed by atoms with van der Waals surface area (Å²) in [5, 5.41) is 12.4. The summed E-state index contributed by atoms with van der Waals surface area (Å²) in [5.41, 5.74) is 0.390. The Balaban J connectivity index is 2.06. The Bertz CT molecular complexity index is 527. The van der Waals surface area contributed by atoms with Crippen LogP contribution in [-0.4, -0.2) is 55.4 Å². The van der Waals surface area contributed by atoms with Gasteiger partial charge in [0, 0.05) is 13.1 Å². The molecule has 1 saturated heterocycles. The smallest absolute Gasteiger partial charge is 0.248 e. The number of aryl methyl sites for hydroxylation is 2. The maximum atomic E-state index is 12.6. The molecule has 0 aliphatic carbocycles. The van der Waals surface area contributed by atoms with Gasteiger partial charge in [-0.25, -0.2) is 8.42 Å². The fourth-order valence-electron chi connectivity index (χ4n) is 2.43. The molecule has 0 spiro atoms. The Labute approximate surface area is 118 Å². The second-order valence-corrected chi connectivity index (χ2v) is 6.73. The van der Waals surface area contributed by atoms with Crippen LogP contribution in [0.25, 0.3) is 0 Å². The van der Waals surface area contributed by atoms with E-state index < -0.39 is 10.0 Å². The van der Waals surface area contributed by atoms with Gasteiger partial charge in [-0.1, -0.05) is 5.16 Å². The molecule has 0 saturated carbocycles. The number of aliphatic hydroxyl groups excluding tert-OH is 1. The molecule has 2 rings (SSSR count). The standard InChI is InChI=1S/C12H20N2O5S/c1-9-12(10(2)19-13-9)20(16,17)14-5-3-11(4-6-14)18-8-7-15/h11,15H,3-8H2,1-2H3. The number of aromatic nitrogens is 1. The monoisotopic (exact) mass is 304 g/mol. The minimum absolute atomic E-state index is 0.0123. The van der Waals surface area contributed by atoms with Crippen molar-refractivity contribution in [3.8, 4) is 0 Å². The Kier molecular flexibility index (Phi) is 4.79. The highest BCUT2D eigenvalue weighted by molar-refractivity contribution is 7.89. The van der Waals surface area contributed by atoms with E-state index in [1.807, 2.05) is 0 Å². The Morgan fingerprint density at radius 2 is 2.05 bits per heavy atom. The van der Waals surface area contributed by atoms with E-state index in [2.05, 4.69) is 5.16 Å². The molecular formula is C12H20N2O5S. The molecule has 0 unspecified atom stereocenters. The maximum absolute atomic E-state index is 12.6. The van der Waals surface area contributed by atoms with Gasteiger partial charge in [0.05, 0.1) is 19.3 Å². The van der Waals surface area contributed by atoms with Crippen molar-refractivity contribution in [2.75, 3.05) is 26.3 Å². The van der Waals surface area contributed by atoms with Gasteiger partial charge in [-0.05, 0) is 26.7 Å². The minimum atomic E-state index is -3.55. The van der Waals surface area contributed by atoms with Crippen LogP contribution in [0.5, 0.6) is 0 Å². The van der Waals surface area contributed by atoms with Gasteiger partial charge in [-0.15, -0.1) is 0 Å². The summed E-state index contributed by atoms with van der Waals surface area (Å²) in [6.45, 7) is 4.31. The van der Waals surface area contributed by atoms with E-state index in [9.17, 15) is 8.42 Å². The first-order valence-electron chi connectivity index (χ1n) is 6.62. The van der Waals surface area contributed by atoms with Gasteiger partial charge < -0.3 is 14.4 Å². The molecule has 8 heteroatoms. The molecule has 0 bridgehead atoms. The molecule has 20 heavy (non-hydrogen) atoms. The number of nitrogens with zero attached hydrogens (tertiary/aromatic N) is 2. The first-order chi connectivity index (χ1) is 9.46. The van der Waals surface area contributed by atoms with Crippen LogP contribution in [0.4, 0.5) is 0 Å². The van der Waals surface area contributed by atoms with Crippen molar-refractivity contribution in [3.63, 3.8) is 0 Å². The Hall–Kier alpha value is -0.960.